The van der Waals surface area contributed by atoms with E-state index in [0.29, 0.717) is 12.2 Å². The first-order valence-corrected chi connectivity index (χ1v) is 7.54. The minimum absolute atomic E-state index is 0.443. The molecule has 106 valence electrons. The summed E-state index contributed by atoms with van der Waals surface area (Å²) in [6.45, 7) is 2.93. The van der Waals surface area contributed by atoms with Crippen LogP contribution in [0.4, 0.5) is 0 Å². The molecule has 0 amide bonds. The summed E-state index contributed by atoms with van der Waals surface area (Å²) < 4.78 is 5.61. The van der Waals surface area contributed by atoms with Gasteiger partial charge < -0.3 is 4.74 Å². The molecule has 0 saturated carbocycles. The van der Waals surface area contributed by atoms with Crippen molar-refractivity contribution < 1.29 is 9.53 Å². The van der Waals surface area contributed by atoms with Gasteiger partial charge in [-0.25, -0.2) is 0 Å². The van der Waals surface area contributed by atoms with Gasteiger partial charge in [0, 0.05) is 5.56 Å². The summed E-state index contributed by atoms with van der Waals surface area (Å²) in [4.78, 5) is 11.0. The Kier molecular flexibility index (Phi) is 8.31. The van der Waals surface area contributed by atoms with Crippen LogP contribution in [0.1, 0.15) is 62.2 Å². The molecule has 0 saturated heterocycles. The summed E-state index contributed by atoms with van der Waals surface area (Å²) in [6, 6.07) is 7.02. The van der Waals surface area contributed by atoms with E-state index in [0.717, 1.165) is 12.2 Å². The molecule has 0 aliphatic heterocycles. The lowest BCUT2D eigenvalue weighted by Gasteiger charge is -2.06. The highest BCUT2D eigenvalue weighted by atomic mass is 35.5. The molecule has 0 aliphatic rings. The predicted octanol–water partition coefficient (Wildman–Crippen LogP) is 5.20. The van der Waals surface area contributed by atoms with Crippen molar-refractivity contribution >= 4 is 16.8 Å². The number of hydrogen-bond donors (Lipinski definition) is 0. The molecule has 0 fully saturated rings. The first kappa shape index (κ1) is 16.0. The summed E-state index contributed by atoms with van der Waals surface area (Å²) >= 11 is 5.42. The van der Waals surface area contributed by atoms with Crippen molar-refractivity contribution in [3.8, 4) is 5.75 Å². The molecule has 0 atom stereocenters. The van der Waals surface area contributed by atoms with E-state index < -0.39 is 5.24 Å². The van der Waals surface area contributed by atoms with Crippen LogP contribution in [0.15, 0.2) is 24.3 Å². The first-order valence-electron chi connectivity index (χ1n) is 7.16. The van der Waals surface area contributed by atoms with E-state index in [4.69, 9.17) is 16.3 Å². The highest BCUT2D eigenvalue weighted by Crippen LogP contribution is 2.15. The molecule has 1 aromatic rings. The van der Waals surface area contributed by atoms with Crippen molar-refractivity contribution in [1.82, 2.24) is 0 Å². The van der Waals surface area contributed by atoms with Crippen LogP contribution in [-0.2, 0) is 0 Å². The molecule has 0 spiro atoms. The number of halogens is 1. The lowest BCUT2D eigenvalue weighted by Crippen LogP contribution is -1.98. The Balaban J connectivity index is 2.12. The fraction of sp³-hybridized carbons (Fsp3) is 0.562. The van der Waals surface area contributed by atoms with Gasteiger partial charge in [0.25, 0.3) is 5.24 Å². The van der Waals surface area contributed by atoms with Gasteiger partial charge in [-0.05, 0) is 36.2 Å². The molecule has 1 aromatic carbocycles. The van der Waals surface area contributed by atoms with Gasteiger partial charge in [0.2, 0.25) is 0 Å². The molecule has 1 rings (SSSR count). The summed E-state index contributed by atoms with van der Waals surface area (Å²) in [5.74, 6) is 0.720. The quantitative estimate of drug-likeness (QED) is 0.436. The lowest BCUT2D eigenvalue weighted by atomic mass is 10.1. The molecule has 19 heavy (non-hydrogen) atoms. The monoisotopic (exact) mass is 282 g/mol. The number of benzene rings is 1. The standard InChI is InChI=1S/C16H23ClO2/c1-2-3-4-5-6-7-8-12-19-15-11-9-10-14(13-15)16(17)18/h9-11,13H,2-8,12H2,1H3. The average Bonchev–Trinajstić information content (AvgIpc) is 2.42. The molecule has 0 aliphatic carbocycles. The Morgan fingerprint density at radius 1 is 1.11 bits per heavy atom. The van der Waals surface area contributed by atoms with E-state index in [-0.39, 0.29) is 0 Å². The molecule has 0 N–H and O–H groups in total. The van der Waals surface area contributed by atoms with Gasteiger partial charge in [-0.1, -0.05) is 51.5 Å². The molecular weight excluding hydrogens is 260 g/mol. The van der Waals surface area contributed by atoms with E-state index in [1.54, 1.807) is 18.2 Å². The second kappa shape index (κ2) is 9.85. The van der Waals surface area contributed by atoms with Crippen LogP contribution in [0.25, 0.3) is 0 Å². The van der Waals surface area contributed by atoms with E-state index in [1.807, 2.05) is 6.07 Å². The average molecular weight is 283 g/mol. The Bertz CT molecular complexity index is 377. The van der Waals surface area contributed by atoms with Crippen LogP contribution < -0.4 is 4.74 Å². The highest BCUT2D eigenvalue weighted by molar-refractivity contribution is 6.67. The smallest absolute Gasteiger partial charge is 0.252 e. The van der Waals surface area contributed by atoms with Gasteiger partial charge in [0.05, 0.1) is 6.61 Å². The van der Waals surface area contributed by atoms with E-state index in [9.17, 15) is 4.79 Å². The van der Waals surface area contributed by atoms with Crippen molar-refractivity contribution in [2.45, 2.75) is 51.9 Å². The Hall–Kier alpha value is -1.02. The van der Waals surface area contributed by atoms with Crippen molar-refractivity contribution in [2.75, 3.05) is 6.61 Å². The van der Waals surface area contributed by atoms with Gasteiger partial charge in [-0.15, -0.1) is 0 Å². The molecule has 0 heterocycles. The molecular formula is C16H23ClO2. The Morgan fingerprint density at radius 2 is 1.79 bits per heavy atom. The van der Waals surface area contributed by atoms with E-state index >= 15 is 0 Å². The largest absolute Gasteiger partial charge is 0.494 e. The van der Waals surface area contributed by atoms with Gasteiger partial charge in [0.15, 0.2) is 0 Å². The van der Waals surface area contributed by atoms with Gasteiger partial charge in [-0.2, -0.15) is 0 Å². The predicted molar refractivity (Wildman–Crippen MR) is 80.1 cm³/mol. The van der Waals surface area contributed by atoms with Gasteiger partial charge in [0.1, 0.15) is 5.75 Å². The molecule has 3 heteroatoms. The molecule has 0 radical (unpaired) electrons. The van der Waals surface area contributed by atoms with Crippen LogP contribution in [0.3, 0.4) is 0 Å². The first-order chi connectivity index (χ1) is 9.24. The number of rotatable bonds is 10. The maximum Gasteiger partial charge on any atom is 0.252 e. The molecule has 0 aromatic heterocycles. The molecule has 2 nitrogen and oxygen atoms in total. The topological polar surface area (TPSA) is 26.3 Å². The summed E-state index contributed by atoms with van der Waals surface area (Å²) in [6.07, 6.45) is 8.85. The Labute approximate surface area is 121 Å². The zero-order chi connectivity index (χ0) is 13.9. The third-order valence-corrected chi connectivity index (χ3v) is 3.30. The maximum absolute atomic E-state index is 11.0. The lowest BCUT2D eigenvalue weighted by molar-refractivity contribution is 0.108. The minimum Gasteiger partial charge on any atom is -0.494 e. The zero-order valence-corrected chi connectivity index (χ0v) is 12.4. The number of hydrogen-bond acceptors (Lipinski definition) is 2. The van der Waals surface area contributed by atoms with Crippen LogP contribution >= 0.6 is 11.6 Å². The fourth-order valence-corrected chi connectivity index (χ4v) is 2.07. The number of carbonyl (C=O) groups excluding carboxylic acids is 1. The number of carbonyl (C=O) groups is 1. The summed E-state index contributed by atoms with van der Waals surface area (Å²) in [5, 5.41) is -0.443. The van der Waals surface area contributed by atoms with Crippen LogP contribution in [0.2, 0.25) is 0 Å². The normalized spacial score (nSPS) is 10.4. The van der Waals surface area contributed by atoms with Crippen molar-refractivity contribution in [3.63, 3.8) is 0 Å². The summed E-state index contributed by atoms with van der Waals surface area (Å²) in [5.41, 5.74) is 0.485. The van der Waals surface area contributed by atoms with Crippen LogP contribution in [0.5, 0.6) is 5.75 Å². The van der Waals surface area contributed by atoms with Crippen LogP contribution in [-0.4, -0.2) is 11.8 Å². The van der Waals surface area contributed by atoms with E-state index in [1.165, 1.54) is 38.5 Å². The van der Waals surface area contributed by atoms with Gasteiger partial charge >= 0.3 is 0 Å². The fourth-order valence-electron chi connectivity index (χ4n) is 1.96. The molecule has 0 bridgehead atoms. The highest BCUT2D eigenvalue weighted by Gasteiger charge is 2.02. The van der Waals surface area contributed by atoms with Crippen molar-refractivity contribution in [1.29, 1.82) is 0 Å². The zero-order valence-electron chi connectivity index (χ0n) is 11.7. The van der Waals surface area contributed by atoms with Gasteiger partial charge in [-0.3, -0.25) is 4.79 Å². The third kappa shape index (κ3) is 7.22. The molecule has 0 unspecified atom stereocenters. The number of ether oxygens (including phenoxy) is 1. The minimum atomic E-state index is -0.443. The number of unbranched alkanes of at least 4 members (excludes halogenated alkanes) is 6. The SMILES string of the molecule is CCCCCCCCCOc1cccc(C(=O)Cl)c1. The summed E-state index contributed by atoms with van der Waals surface area (Å²) in [7, 11) is 0. The second-order valence-electron chi connectivity index (χ2n) is 4.77. The second-order valence-corrected chi connectivity index (χ2v) is 5.11. The third-order valence-electron chi connectivity index (χ3n) is 3.08. The Morgan fingerprint density at radius 3 is 2.47 bits per heavy atom. The van der Waals surface area contributed by atoms with Crippen molar-refractivity contribution in [3.05, 3.63) is 29.8 Å². The van der Waals surface area contributed by atoms with Crippen LogP contribution in [0, 0.1) is 0 Å². The van der Waals surface area contributed by atoms with E-state index in [2.05, 4.69) is 6.92 Å². The maximum atomic E-state index is 11.0. The van der Waals surface area contributed by atoms with Crippen molar-refractivity contribution in [2.24, 2.45) is 0 Å².